The number of pyridine rings is 1. The van der Waals surface area contributed by atoms with Gasteiger partial charge in [0, 0.05) is 29.1 Å². The largest absolute Gasteiger partial charge is 0.338 e. The number of fused-ring (bicyclic) bond motifs is 3. The molecule has 5 nitrogen and oxygen atoms in total. The number of H-pyrrole nitrogens is 1. The number of nitrogens with one attached hydrogen (secondary N) is 1. The summed E-state index contributed by atoms with van der Waals surface area (Å²) in [5.41, 5.74) is 4.22. The molecule has 23 heavy (non-hydrogen) atoms. The Morgan fingerprint density at radius 2 is 2.26 bits per heavy atom. The van der Waals surface area contributed by atoms with Crippen LogP contribution in [0.25, 0.3) is 11.0 Å². The lowest BCUT2D eigenvalue weighted by molar-refractivity contribution is -0.131. The van der Waals surface area contributed by atoms with Crippen LogP contribution < -0.4 is 0 Å². The van der Waals surface area contributed by atoms with E-state index in [-0.39, 0.29) is 5.91 Å². The van der Waals surface area contributed by atoms with Crippen LogP contribution in [0, 0.1) is 0 Å². The van der Waals surface area contributed by atoms with E-state index in [1.807, 2.05) is 41.6 Å². The van der Waals surface area contributed by atoms with Crippen LogP contribution in [0.3, 0.4) is 0 Å². The van der Waals surface area contributed by atoms with Crippen molar-refractivity contribution in [2.75, 3.05) is 6.54 Å². The van der Waals surface area contributed by atoms with Gasteiger partial charge in [-0.2, -0.15) is 5.10 Å². The van der Waals surface area contributed by atoms with Gasteiger partial charge in [0.25, 0.3) is 0 Å². The second-order valence-electron chi connectivity index (χ2n) is 5.77. The Hall–Kier alpha value is -2.21. The molecule has 1 aliphatic rings. The molecule has 2 aromatic heterocycles. The summed E-state index contributed by atoms with van der Waals surface area (Å²) < 4.78 is 0.998. The fourth-order valence-electron chi connectivity index (χ4n) is 3.10. The lowest BCUT2D eigenvalue weighted by atomic mass is 9.98. The van der Waals surface area contributed by atoms with Crippen molar-refractivity contribution in [2.24, 2.45) is 0 Å². The molecule has 0 radical (unpaired) electrons. The minimum atomic E-state index is 0.154. The number of aromatic amines is 1. The molecule has 0 aliphatic carbocycles. The number of hydrogen-bond donors (Lipinski definition) is 1. The SMILES string of the molecule is O=C(Cc1cccc(Br)c1)N1CCc2c(cnc3[nH]ncc23)C1. The summed E-state index contributed by atoms with van der Waals surface area (Å²) in [7, 11) is 0. The summed E-state index contributed by atoms with van der Waals surface area (Å²) in [5.74, 6) is 0.154. The van der Waals surface area contributed by atoms with Crippen LogP contribution in [0.4, 0.5) is 0 Å². The van der Waals surface area contributed by atoms with Crippen LogP contribution in [0.1, 0.15) is 16.7 Å². The van der Waals surface area contributed by atoms with Gasteiger partial charge in [-0.15, -0.1) is 0 Å². The molecule has 0 saturated heterocycles. The number of carbonyl (C=O) groups is 1. The Balaban J connectivity index is 1.54. The predicted octanol–water partition coefficient (Wildman–Crippen LogP) is 2.85. The second-order valence-corrected chi connectivity index (χ2v) is 6.68. The number of hydrogen-bond acceptors (Lipinski definition) is 3. The molecule has 4 rings (SSSR count). The maximum absolute atomic E-state index is 12.6. The van der Waals surface area contributed by atoms with E-state index in [0.29, 0.717) is 13.0 Å². The molecule has 1 amide bonds. The van der Waals surface area contributed by atoms with Crippen molar-refractivity contribution in [2.45, 2.75) is 19.4 Å². The van der Waals surface area contributed by atoms with E-state index < -0.39 is 0 Å². The number of benzene rings is 1. The zero-order chi connectivity index (χ0) is 15.8. The molecule has 6 heteroatoms. The van der Waals surface area contributed by atoms with Gasteiger partial charge in [0.05, 0.1) is 12.6 Å². The van der Waals surface area contributed by atoms with Crippen LogP contribution >= 0.6 is 15.9 Å². The average molecular weight is 371 g/mol. The molecule has 1 N–H and O–H groups in total. The Labute approximate surface area is 141 Å². The standard InChI is InChI=1S/C17H15BrN4O/c18-13-3-1-2-11(6-13)7-16(23)22-5-4-14-12(10-22)8-19-17-15(14)9-20-21-17/h1-3,6,8-9H,4-5,7,10H2,(H,19,20,21). The lowest BCUT2D eigenvalue weighted by Crippen LogP contribution is -2.37. The molecule has 116 valence electrons. The monoisotopic (exact) mass is 370 g/mol. The van der Waals surface area contributed by atoms with E-state index in [1.165, 1.54) is 5.56 Å². The first-order valence-electron chi connectivity index (χ1n) is 7.53. The first-order valence-corrected chi connectivity index (χ1v) is 8.32. The van der Waals surface area contributed by atoms with Crippen molar-refractivity contribution >= 4 is 32.9 Å². The lowest BCUT2D eigenvalue weighted by Gasteiger charge is -2.29. The van der Waals surface area contributed by atoms with Crippen molar-refractivity contribution < 1.29 is 4.79 Å². The van der Waals surface area contributed by atoms with Gasteiger partial charge in [0.1, 0.15) is 0 Å². The maximum Gasteiger partial charge on any atom is 0.227 e. The predicted molar refractivity (Wildman–Crippen MR) is 90.9 cm³/mol. The van der Waals surface area contributed by atoms with Gasteiger partial charge in [0.15, 0.2) is 5.65 Å². The highest BCUT2D eigenvalue weighted by atomic mass is 79.9. The van der Waals surface area contributed by atoms with Crippen LogP contribution in [0.15, 0.2) is 41.1 Å². The molecule has 0 atom stereocenters. The van der Waals surface area contributed by atoms with Crippen LogP contribution in [-0.2, 0) is 24.2 Å². The van der Waals surface area contributed by atoms with Gasteiger partial charge >= 0.3 is 0 Å². The molecule has 0 fully saturated rings. The number of nitrogens with zero attached hydrogens (tertiary/aromatic N) is 3. The third-order valence-electron chi connectivity index (χ3n) is 4.27. The summed E-state index contributed by atoms with van der Waals surface area (Å²) in [5, 5.41) is 8.02. The smallest absolute Gasteiger partial charge is 0.227 e. The van der Waals surface area contributed by atoms with E-state index >= 15 is 0 Å². The zero-order valence-electron chi connectivity index (χ0n) is 12.4. The third kappa shape index (κ3) is 2.74. The molecule has 0 bridgehead atoms. The van der Waals surface area contributed by atoms with Gasteiger partial charge in [-0.1, -0.05) is 28.1 Å². The normalized spacial score (nSPS) is 14.0. The fourth-order valence-corrected chi connectivity index (χ4v) is 3.55. The quantitative estimate of drug-likeness (QED) is 0.754. The van der Waals surface area contributed by atoms with E-state index in [9.17, 15) is 4.79 Å². The number of halogens is 1. The highest BCUT2D eigenvalue weighted by Crippen LogP contribution is 2.25. The van der Waals surface area contributed by atoms with Crippen molar-refractivity contribution in [1.29, 1.82) is 0 Å². The Morgan fingerprint density at radius 3 is 3.13 bits per heavy atom. The zero-order valence-corrected chi connectivity index (χ0v) is 14.0. The van der Waals surface area contributed by atoms with E-state index in [1.54, 1.807) is 0 Å². The van der Waals surface area contributed by atoms with Crippen molar-refractivity contribution in [1.82, 2.24) is 20.1 Å². The summed E-state index contributed by atoms with van der Waals surface area (Å²) in [6.45, 7) is 1.36. The molecule has 0 unspecified atom stereocenters. The molecular weight excluding hydrogens is 356 g/mol. The summed E-state index contributed by atoms with van der Waals surface area (Å²) >= 11 is 3.45. The Morgan fingerprint density at radius 1 is 1.35 bits per heavy atom. The third-order valence-corrected chi connectivity index (χ3v) is 4.76. The minimum absolute atomic E-state index is 0.154. The molecular formula is C17H15BrN4O. The number of carbonyl (C=O) groups excluding carboxylic acids is 1. The second kappa shape index (κ2) is 5.77. The first-order chi connectivity index (χ1) is 11.2. The average Bonchev–Trinajstić information content (AvgIpc) is 3.03. The van der Waals surface area contributed by atoms with E-state index in [4.69, 9.17) is 0 Å². The maximum atomic E-state index is 12.6. The number of rotatable bonds is 2. The molecule has 0 spiro atoms. The first kappa shape index (κ1) is 14.4. The van der Waals surface area contributed by atoms with Gasteiger partial charge in [-0.25, -0.2) is 4.98 Å². The number of aromatic nitrogens is 3. The van der Waals surface area contributed by atoms with Gasteiger partial charge in [-0.3, -0.25) is 9.89 Å². The topological polar surface area (TPSA) is 61.9 Å². The fraction of sp³-hybridized carbons (Fsp3) is 0.235. The summed E-state index contributed by atoms with van der Waals surface area (Å²) in [6, 6.07) is 7.90. The minimum Gasteiger partial charge on any atom is -0.338 e. The van der Waals surface area contributed by atoms with Gasteiger partial charge in [-0.05, 0) is 35.2 Å². The Kier molecular flexibility index (Phi) is 3.61. The van der Waals surface area contributed by atoms with Crippen LogP contribution in [0.5, 0.6) is 0 Å². The van der Waals surface area contributed by atoms with Gasteiger partial charge < -0.3 is 4.90 Å². The van der Waals surface area contributed by atoms with Crippen LogP contribution in [0.2, 0.25) is 0 Å². The summed E-state index contributed by atoms with van der Waals surface area (Å²) in [4.78, 5) is 18.9. The highest BCUT2D eigenvalue weighted by molar-refractivity contribution is 9.10. The van der Waals surface area contributed by atoms with E-state index in [2.05, 4.69) is 31.1 Å². The van der Waals surface area contributed by atoms with Crippen molar-refractivity contribution in [3.05, 3.63) is 57.8 Å². The molecule has 3 heterocycles. The highest BCUT2D eigenvalue weighted by Gasteiger charge is 2.23. The molecule has 1 aliphatic heterocycles. The van der Waals surface area contributed by atoms with E-state index in [0.717, 1.165) is 39.6 Å². The van der Waals surface area contributed by atoms with Crippen molar-refractivity contribution in [3.8, 4) is 0 Å². The molecule has 1 aromatic carbocycles. The van der Waals surface area contributed by atoms with Crippen LogP contribution in [-0.4, -0.2) is 32.5 Å². The molecule has 0 saturated carbocycles. The Bertz CT molecular complexity index is 889. The summed E-state index contributed by atoms with van der Waals surface area (Å²) in [6.07, 6.45) is 4.95. The van der Waals surface area contributed by atoms with Gasteiger partial charge in [0.2, 0.25) is 5.91 Å². The molecule has 3 aromatic rings. The van der Waals surface area contributed by atoms with Crippen molar-refractivity contribution in [3.63, 3.8) is 0 Å². The number of amides is 1.